The fourth-order valence-corrected chi connectivity index (χ4v) is 4.32. The Morgan fingerprint density at radius 1 is 0.806 bits per heavy atom. The molecule has 1 amide bonds. The summed E-state index contributed by atoms with van der Waals surface area (Å²) in [6.45, 7) is 3.02. The first kappa shape index (κ1) is 19.6. The number of hydrogen-bond acceptors (Lipinski definition) is 3. The van der Waals surface area contributed by atoms with Gasteiger partial charge in [0.25, 0.3) is 5.91 Å². The first-order valence-corrected chi connectivity index (χ1v) is 10.8. The standard InChI is InChI=1S/C26H22ClN3O/c27-20-8-6-7-19(17-20)25-18-23(22-11-4-5-12-24(22)28-25)26(31)30-15-13-29(14-16-30)21-9-2-1-3-10-21/h1-12,17-18H,13-16H2. The van der Waals surface area contributed by atoms with Gasteiger partial charge < -0.3 is 9.80 Å². The third-order valence-electron chi connectivity index (χ3n) is 5.76. The molecule has 1 aliphatic heterocycles. The molecular formula is C26H22ClN3O. The maximum atomic E-state index is 13.6. The van der Waals surface area contributed by atoms with E-state index in [2.05, 4.69) is 17.0 Å². The second kappa shape index (κ2) is 8.40. The second-order valence-corrected chi connectivity index (χ2v) is 8.13. The lowest BCUT2D eigenvalue weighted by Crippen LogP contribution is -2.48. The van der Waals surface area contributed by atoms with Crippen molar-refractivity contribution < 1.29 is 4.79 Å². The zero-order valence-corrected chi connectivity index (χ0v) is 17.8. The molecule has 0 aliphatic carbocycles. The third kappa shape index (κ3) is 3.99. The molecule has 0 bridgehead atoms. The van der Waals surface area contributed by atoms with Crippen LogP contribution in [-0.2, 0) is 0 Å². The molecular weight excluding hydrogens is 406 g/mol. The summed E-state index contributed by atoms with van der Waals surface area (Å²) in [4.78, 5) is 22.6. The van der Waals surface area contributed by atoms with Gasteiger partial charge in [0.15, 0.2) is 0 Å². The van der Waals surface area contributed by atoms with Crippen LogP contribution in [0.5, 0.6) is 0 Å². The lowest BCUT2D eigenvalue weighted by molar-refractivity contribution is 0.0748. The fraction of sp³-hybridized carbons (Fsp3) is 0.154. The van der Waals surface area contributed by atoms with Crippen molar-refractivity contribution in [3.05, 3.63) is 95.5 Å². The lowest BCUT2D eigenvalue weighted by Gasteiger charge is -2.36. The van der Waals surface area contributed by atoms with Crippen molar-refractivity contribution in [2.24, 2.45) is 0 Å². The molecule has 31 heavy (non-hydrogen) atoms. The fourth-order valence-electron chi connectivity index (χ4n) is 4.12. The predicted octanol–water partition coefficient (Wildman–Crippen LogP) is 5.52. The SMILES string of the molecule is O=C(c1cc(-c2cccc(Cl)c2)nc2ccccc12)N1CCN(c2ccccc2)CC1. The number of nitrogens with zero attached hydrogens (tertiary/aromatic N) is 3. The molecule has 0 saturated carbocycles. The van der Waals surface area contributed by atoms with Crippen molar-refractivity contribution in [1.82, 2.24) is 9.88 Å². The largest absolute Gasteiger partial charge is 0.368 e. The summed E-state index contributed by atoms with van der Waals surface area (Å²) in [5.74, 6) is 0.0505. The van der Waals surface area contributed by atoms with Crippen LogP contribution in [0.4, 0.5) is 5.69 Å². The highest BCUT2D eigenvalue weighted by molar-refractivity contribution is 6.30. The Labute approximate surface area is 186 Å². The number of benzene rings is 3. The number of anilines is 1. The number of piperazine rings is 1. The van der Waals surface area contributed by atoms with E-state index in [1.807, 2.05) is 77.7 Å². The molecule has 1 fully saturated rings. The molecule has 4 nitrogen and oxygen atoms in total. The Kier molecular flexibility index (Phi) is 5.31. The molecule has 0 N–H and O–H groups in total. The molecule has 1 aromatic heterocycles. The average Bonchev–Trinajstić information content (AvgIpc) is 2.83. The van der Waals surface area contributed by atoms with Gasteiger partial charge in [0.05, 0.1) is 16.8 Å². The number of rotatable bonds is 3. The van der Waals surface area contributed by atoms with Crippen LogP contribution in [-0.4, -0.2) is 42.0 Å². The van der Waals surface area contributed by atoms with Crippen LogP contribution in [0.2, 0.25) is 5.02 Å². The Morgan fingerprint density at radius 2 is 1.55 bits per heavy atom. The molecule has 1 saturated heterocycles. The van der Waals surface area contributed by atoms with Crippen molar-refractivity contribution in [2.75, 3.05) is 31.1 Å². The molecule has 0 atom stereocenters. The van der Waals surface area contributed by atoms with E-state index in [1.54, 1.807) is 0 Å². The van der Waals surface area contributed by atoms with E-state index in [0.717, 1.165) is 35.2 Å². The van der Waals surface area contributed by atoms with E-state index in [1.165, 1.54) is 5.69 Å². The normalized spacial score (nSPS) is 14.1. The summed E-state index contributed by atoms with van der Waals surface area (Å²) in [5, 5.41) is 1.53. The van der Waals surface area contributed by atoms with Gasteiger partial charge >= 0.3 is 0 Å². The van der Waals surface area contributed by atoms with Crippen LogP contribution in [0.25, 0.3) is 22.2 Å². The Balaban J connectivity index is 1.46. The van der Waals surface area contributed by atoms with Gasteiger partial charge in [0.1, 0.15) is 0 Å². The van der Waals surface area contributed by atoms with Gasteiger partial charge in [-0.15, -0.1) is 0 Å². The van der Waals surface area contributed by atoms with E-state index in [4.69, 9.17) is 16.6 Å². The molecule has 1 aliphatic rings. The van der Waals surface area contributed by atoms with E-state index in [0.29, 0.717) is 23.7 Å². The van der Waals surface area contributed by atoms with E-state index in [9.17, 15) is 4.79 Å². The summed E-state index contributed by atoms with van der Waals surface area (Å²) in [7, 11) is 0. The Bertz CT molecular complexity index is 1230. The van der Waals surface area contributed by atoms with Crippen molar-refractivity contribution >= 4 is 34.1 Å². The van der Waals surface area contributed by atoms with Gasteiger partial charge in [0.2, 0.25) is 0 Å². The van der Waals surface area contributed by atoms with Crippen molar-refractivity contribution in [3.8, 4) is 11.3 Å². The first-order valence-electron chi connectivity index (χ1n) is 10.4. The van der Waals surface area contributed by atoms with Gasteiger partial charge in [-0.1, -0.05) is 60.1 Å². The minimum atomic E-state index is 0.0505. The smallest absolute Gasteiger partial charge is 0.254 e. The maximum absolute atomic E-state index is 13.6. The highest BCUT2D eigenvalue weighted by atomic mass is 35.5. The highest BCUT2D eigenvalue weighted by Gasteiger charge is 2.24. The number of amides is 1. The third-order valence-corrected chi connectivity index (χ3v) is 5.99. The van der Waals surface area contributed by atoms with Crippen LogP contribution >= 0.6 is 11.6 Å². The molecule has 2 heterocycles. The number of halogens is 1. The summed E-state index contributed by atoms with van der Waals surface area (Å²) in [6.07, 6.45) is 0. The number of pyridine rings is 1. The van der Waals surface area contributed by atoms with Crippen LogP contribution in [0.3, 0.4) is 0 Å². The van der Waals surface area contributed by atoms with Gasteiger partial charge in [-0.3, -0.25) is 4.79 Å². The van der Waals surface area contributed by atoms with Crippen LogP contribution in [0, 0.1) is 0 Å². The van der Waals surface area contributed by atoms with Gasteiger partial charge in [-0.2, -0.15) is 0 Å². The molecule has 5 rings (SSSR count). The zero-order valence-electron chi connectivity index (χ0n) is 17.0. The van der Waals surface area contributed by atoms with Gasteiger partial charge in [0, 0.05) is 47.8 Å². The number of fused-ring (bicyclic) bond motifs is 1. The van der Waals surface area contributed by atoms with E-state index >= 15 is 0 Å². The van der Waals surface area contributed by atoms with Crippen molar-refractivity contribution in [3.63, 3.8) is 0 Å². The molecule has 0 spiro atoms. The topological polar surface area (TPSA) is 36.4 Å². The van der Waals surface area contributed by atoms with Gasteiger partial charge in [-0.05, 0) is 36.4 Å². The zero-order chi connectivity index (χ0) is 21.2. The highest BCUT2D eigenvalue weighted by Crippen LogP contribution is 2.28. The number of hydrogen-bond donors (Lipinski definition) is 0. The average molecular weight is 428 g/mol. The minimum Gasteiger partial charge on any atom is -0.368 e. The Hall–Kier alpha value is -3.37. The number of para-hydroxylation sites is 2. The molecule has 0 unspecified atom stereocenters. The number of carbonyl (C=O) groups is 1. The monoisotopic (exact) mass is 427 g/mol. The summed E-state index contributed by atoms with van der Waals surface area (Å²) < 4.78 is 0. The van der Waals surface area contributed by atoms with Crippen LogP contribution < -0.4 is 4.90 Å². The van der Waals surface area contributed by atoms with Gasteiger partial charge in [-0.25, -0.2) is 4.98 Å². The second-order valence-electron chi connectivity index (χ2n) is 7.70. The quantitative estimate of drug-likeness (QED) is 0.432. The molecule has 0 radical (unpaired) electrons. The van der Waals surface area contributed by atoms with E-state index in [-0.39, 0.29) is 5.91 Å². The van der Waals surface area contributed by atoms with E-state index < -0.39 is 0 Å². The Morgan fingerprint density at radius 3 is 2.32 bits per heavy atom. The molecule has 5 heteroatoms. The van der Waals surface area contributed by atoms with Crippen LogP contribution in [0.15, 0.2) is 84.9 Å². The summed E-state index contributed by atoms with van der Waals surface area (Å²) in [5.41, 5.74) is 4.36. The molecule has 154 valence electrons. The summed E-state index contributed by atoms with van der Waals surface area (Å²) >= 11 is 6.19. The molecule has 4 aromatic rings. The summed E-state index contributed by atoms with van der Waals surface area (Å²) in [6, 6.07) is 27.7. The van der Waals surface area contributed by atoms with Crippen molar-refractivity contribution in [1.29, 1.82) is 0 Å². The number of carbonyl (C=O) groups excluding carboxylic acids is 1. The lowest BCUT2D eigenvalue weighted by atomic mass is 10.0. The molecule has 3 aromatic carbocycles. The van der Waals surface area contributed by atoms with Crippen LogP contribution in [0.1, 0.15) is 10.4 Å². The number of aromatic nitrogens is 1. The first-order chi connectivity index (χ1) is 15.2. The minimum absolute atomic E-state index is 0.0505. The van der Waals surface area contributed by atoms with Crippen molar-refractivity contribution in [2.45, 2.75) is 0 Å². The maximum Gasteiger partial charge on any atom is 0.254 e. The predicted molar refractivity (Wildman–Crippen MR) is 127 cm³/mol.